The van der Waals surface area contributed by atoms with Crippen LogP contribution in [0, 0.1) is 5.82 Å². The third-order valence-corrected chi connectivity index (χ3v) is 3.09. The number of hydrogen-bond acceptors (Lipinski definition) is 2. The molecule has 2 N–H and O–H groups in total. The molecule has 1 atom stereocenters. The predicted octanol–water partition coefficient (Wildman–Crippen LogP) is 1.80. The Morgan fingerprint density at radius 1 is 1.53 bits per heavy atom. The Morgan fingerprint density at radius 3 is 2.87 bits per heavy atom. The summed E-state index contributed by atoms with van der Waals surface area (Å²) in [5.41, 5.74) is 0.377. The lowest BCUT2D eigenvalue weighted by atomic mass is 10.2. The topological polar surface area (TPSA) is 49.3 Å². The van der Waals surface area contributed by atoms with Crippen LogP contribution in [0.2, 0.25) is 0 Å². The maximum Gasteiger partial charge on any atom is 0.152 e. The van der Waals surface area contributed by atoms with E-state index in [4.69, 9.17) is 5.11 Å². The number of benzene rings is 1. The van der Waals surface area contributed by atoms with Gasteiger partial charge in [-0.05, 0) is 12.5 Å². The van der Waals surface area contributed by atoms with Crippen molar-refractivity contribution >= 4 is 16.7 Å². The molecule has 0 radical (unpaired) electrons. The number of aliphatic hydroxyl groups excluding tert-OH is 1. The molecule has 0 amide bonds. The number of anilines is 1. The quantitative estimate of drug-likeness (QED) is 0.812. The average molecular weight is 231 g/mol. The standard InChI is InChI=1S/C10H14FNO2S/c1-2-6-15(14)12-9-5-3-4-8(7-13)10(9)11/h3-5,12-13H,2,6-7H2,1H3. The molecule has 5 heteroatoms. The van der Waals surface area contributed by atoms with Crippen molar-refractivity contribution in [2.75, 3.05) is 10.5 Å². The van der Waals surface area contributed by atoms with Crippen LogP contribution >= 0.6 is 0 Å². The van der Waals surface area contributed by atoms with Crippen molar-refractivity contribution in [3.05, 3.63) is 29.6 Å². The largest absolute Gasteiger partial charge is 0.392 e. The van der Waals surface area contributed by atoms with Gasteiger partial charge >= 0.3 is 0 Å². The van der Waals surface area contributed by atoms with Gasteiger partial charge in [-0.1, -0.05) is 19.1 Å². The fourth-order valence-corrected chi connectivity index (χ4v) is 2.02. The summed E-state index contributed by atoms with van der Waals surface area (Å²) < 4.78 is 27.4. The molecule has 0 aliphatic heterocycles. The van der Waals surface area contributed by atoms with Gasteiger partial charge in [0.1, 0.15) is 11.0 Å². The molecular weight excluding hydrogens is 217 g/mol. The fraction of sp³-hybridized carbons (Fsp3) is 0.400. The minimum absolute atomic E-state index is 0.174. The first-order chi connectivity index (χ1) is 7.19. The van der Waals surface area contributed by atoms with Gasteiger partial charge in [0, 0.05) is 11.3 Å². The van der Waals surface area contributed by atoms with E-state index < -0.39 is 16.8 Å². The monoisotopic (exact) mass is 231 g/mol. The van der Waals surface area contributed by atoms with Crippen molar-refractivity contribution in [3.8, 4) is 0 Å². The molecule has 0 spiro atoms. The number of halogens is 1. The van der Waals surface area contributed by atoms with E-state index in [0.29, 0.717) is 5.75 Å². The van der Waals surface area contributed by atoms with Crippen LogP contribution in [0.1, 0.15) is 18.9 Å². The molecule has 15 heavy (non-hydrogen) atoms. The van der Waals surface area contributed by atoms with Gasteiger partial charge in [-0.25, -0.2) is 8.60 Å². The van der Waals surface area contributed by atoms with Gasteiger partial charge in [-0.3, -0.25) is 0 Å². The van der Waals surface area contributed by atoms with Gasteiger partial charge in [0.2, 0.25) is 0 Å². The van der Waals surface area contributed by atoms with Crippen LogP contribution in [0.5, 0.6) is 0 Å². The van der Waals surface area contributed by atoms with Crippen LogP contribution < -0.4 is 4.72 Å². The molecule has 84 valence electrons. The summed E-state index contributed by atoms with van der Waals surface area (Å²) in [6.07, 6.45) is 0.765. The highest BCUT2D eigenvalue weighted by atomic mass is 32.2. The van der Waals surface area contributed by atoms with E-state index in [2.05, 4.69) is 4.72 Å². The third kappa shape index (κ3) is 3.28. The van der Waals surface area contributed by atoms with Gasteiger partial charge in [-0.2, -0.15) is 0 Å². The van der Waals surface area contributed by atoms with Gasteiger partial charge in [0.15, 0.2) is 5.82 Å². The Morgan fingerprint density at radius 2 is 2.27 bits per heavy atom. The summed E-state index contributed by atoms with van der Waals surface area (Å²) in [7, 11) is -1.26. The van der Waals surface area contributed by atoms with Crippen molar-refractivity contribution in [1.82, 2.24) is 0 Å². The van der Waals surface area contributed by atoms with Crippen molar-refractivity contribution in [3.63, 3.8) is 0 Å². The van der Waals surface area contributed by atoms with E-state index in [9.17, 15) is 8.60 Å². The SMILES string of the molecule is CCCS(=O)Nc1cccc(CO)c1F. The normalized spacial score (nSPS) is 12.5. The molecule has 1 rings (SSSR count). The predicted molar refractivity (Wildman–Crippen MR) is 59.2 cm³/mol. The van der Waals surface area contributed by atoms with Gasteiger partial charge in [0.05, 0.1) is 12.3 Å². The smallest absolute Gasteiger partial charge is 0.152 e. The molecule has 0 heterocycles. The zero-order chi connectivity index (χ0) is 11.3. The fourth-order valence-electron chi connectivity index (χ4n) is 1.14. The summed E-state index contributed by atoms with van der Waals surface area (Å²) in [4.78, 5) is 0. The summed E-state index contributed by atoms with van der Waals surface area (Å²) in [5.74, 6) is -0.0626. The second kappa shape index (κ2) is 5.82. The maximum atomic E-state index is 13.5. The van der Waals surface area contributed by atoms with Crippen LogP contribution in [-0.4, -0.2) is 15.1 Å². The van der Waals surface area contributed by atoms with Gasteiger partial charge in [0.25, 0.3) is 0 Å². The summed E-state index contributed by atoms with van der Waals surface area (Å²) in [6, 6.07) is 4.60. The molecule has 0 fully saturated rings. The van der Waals surface area contributed by atoms with Crippen molar-refractivity contribution in [1.29, 1.82) is 0 Å². The van der Waals surface area contributed by atoms with Crippen LogP contribution in [0.3, 0.4) is 0 Å². The highest BCUT2D eigenvalue weighted by Gasteiger charge is 2.08. The van der Waals surface area contributed by atoms with Crippen molar-refractivity contribution in [2.45, 2.75) is 20.0 Å². The number of aliphatic hydroxyl groups is 1. The van der Waals surface area contributed by atoms with Gasteiger partial charge in [-0.15, -0.1) is 0 Å². The highest BCUT2D eigenvalue weighted by Crippen LogP contribution is 2.18. The van der Waals surface area contributed by atoms with Crippen LogP contribution in [0.15, 0.2) is 18.2 Å². The van der Waals surface area contributed by atoms with E-state index in [-0.39, 0.29) is 17.9 Å². The Hall–Kier alpha value is -0.940. The molecule has 1 aromatic rings. The summed E-state index contributed by atoms with van der Waals surface area (Å²) in [5, 5.41) is 8.84. The first-order valence-electron chi connectivity index (χ1n) is 4.72. The van der Waals surface area contributed by atoms with Crippen LogP contribution in [0.25, 0.3) is 0 Å². The highest BCUT2D eigenvalue weighted by molar-refractivity contribution is 7.86. The third-order valence-electron chi connectivity index (χ3n) is 1.86. The molecular formula is C10H14FNO2S. The lowest BCUT2D eigenvalue weighted by Crippen LogP contribution is -2.09. The summed E-state index contributed by atoms with van der Waals surface area (Å²) in [6.45, 7) is 1.54. The molecule has 0 bridgehead atoms. The minimum atomic E-state index is -1.26. The number of rotatable bonds is 5. The lowest BCUT2D eigenvalue weighted by Gasteiger charge is -2.08. The Bertz CT molecular complexity index is 357. The first-order valence-corrected chi connectivity index (χ1v) is 6.04. The molecule has 1 unspecified atom stereocenters. The van der Waals surface area contributed by atoms with E-state index in [1.54, 1.807) is 6.07 Å². The van der Waals surface area contributed by atoms with Gasteiger partial charge < -0.3 is 9.83 Å². The maximum absolute atomic E-state index is 13.5. The molecule has 1 aromatic carbocycles. The number of nitrogens with one attached hydrogen (secondary N) is 1. The molecule has 0 aliphatic rings. The molecule has 0 saturated heterocycles. The number of hydrogen-bond donors (Lipinski definition) is 2. The molecule has 0 aromatic heterocycles. The first kappa shape index (κ1) is 12.1. The van der Waals surface area contributed by atoms with Crippen molar-refractivity contribution in [2.24, 2.45) is 0 Å². The molecule has 3 nitrogen and oxygen atoms in total. The van der Waals surface area contributed by atoms with E-state index >= 15 is 0 Å². The Kier molecular flexibility index (Phi) is 4.71. The van der Waals surface area contributed by atoms with Crippen LogP contribution in [-0.2, 0) is 17.6 Å². The Labute approximate surface area is 90.9 Å². The molecule has 0 saturated carbocycles. The zero-order valence-corrected chi connectivity index (χ0v) is 9.31. The zero-order valence-electron chi connectivity index (χ0n) is 8.50. The minimum Gasteiger partial charge on any atom is -0.392 e. The second-order valence-corrected chi connectivity index (χ2v) is 4.39. The van der Waals surface area contributed by atoms with E-state index in [1.807, 2.05) is 6.92 Å². The van der Waals surface area contributed by atoms with E-state index in [1.165, 1.54) is 12.1 Å². The van der Waals surface area contributed by atoms with Crippen LogP contribution in [0.4, 0.5) is 10.1 Å². The van der Waals surface area contributed by atoms with E-state index in [0.717, 1.165) is 6.42 Å². The Balaban J connectivity index is 2.81. The summed E-state index contributed by atoms with van der Waals surface area (Å²) >= 11 is 0. The van der Waals surface area contributed by atoms with Crippen molar-refractivity contribution < 1.29 is 13.7 Å². The second-order valence-electron chi connectivity index (χ2n) is 3.09. The lowest BCUT2D eigenvalue weighted by molar-refractivity contribution is 0.276. The molecule has 0 aliphatic carbocycles. The average Bonchev–Trinajstić information content (AvgIpc) is 2.21.